The third-order valence-electron chi connectivity index (χ3n) is 3.13. The molecule has 0 radical (unpaired) electrons. The number of aryl methyl sites for hydroxylation is 2. The first-order valence-electron chi connectivity index (χ1n) is 7.03. The van der Waals surface area contributed by atoms with Crippen molar-refractivity contribution < 1.29 is 22.7 Å². The van der Waals surface area contributed by atoms with Crippen LogP contribution in [0, 0.1) is 6.92 Å². The Balaban J connectivity index is 1.84. The summed E-state index contributed by atoms with van der Waals surface area (Å²) < 4.78 is 39.9. The second-order valence-electron chi connectivity index (χ2n) is 5.11. The summed E-state index contributed by atoms with van der Waals surface area (Å²) >= 11 is 0. The highest BCUT2D eigenvalue weighted by Crippen LogP contribution is 2.24. The zero-order chi connectivity index (χ0) is 16.9. The lowest BCUT2D eigenvalue weighted by Crippen LogP contribution is -2.17. The minimum Gasteiger partial charge on any atom is -0.406 e. The topological polar surface area (TPSA) is 38.3 Å². The largest absolute Gasteiger partial charge is 0.573 e. The van der Waals surface area contributed by atoms with E-state index in [0.717, 1.165) is 23.3 Å². The summed E-state index contributed by atoms with van der Waals surface area (Å²) in [7, 11) is 0. The van der Waals surface area contributed by atoms with Gasteiger partial charge in [0.15, 0.2) is 0 Å². The highest BCUT2D eigenvalue weighted by atomic mass is 19.4. The first kappa shape index (κ1) is 16.9. The van der Waals surface area contributed by atoms with Gasteiger partial charge in [0.05, 0.1) is 0 Å². The second-order valence-corrected chi connectivity index (χ2v) is 5.11. The number of alkyl halides is 3. The van der Waals surface area contributed by atoms with Crippen LogP contribution in [0.3, 0.4) is 0 Å². The van der Waals surface area contributed by atoms with Crippen molar-refractivity contribution in [3.8, 4) is 5.75 Å². The van der Waals surface area contributed by atoms with Gasteiger partial charge in [-0.2, -0.15) is 0 Å². The second kappa shape index (κ2) is 7.17. The quantitative estimate of drug-likeness (QED) is 0.882. The summed E-state index contributed by atoms with van der Waals surface area (Å²) in [6, 6.07) is 12.9. The molecule has 2 aromatic carbocycles. The first-order chi connectivity index (χ1) is 10.8. The van der Waals surface area contributed by atoms with E-state index in [1.54, 1.807) is 0 Å². The number of hydrogen-bond donors (Lipinski definition) is 1. The molecular formula is C17H16F3NO2. The number of ether oxygens (including phenoxy) is 1. The van der Waals surface area contributed by atoms with Crippen molar-refractivity contribution in [1.29, 1.82) is 0 Å². The molecule has 0 unspecified atom stereocenters. The molecule has 0 saturated heterocycles. The molecule has 122 valence electrons. The van der Waals surface area contributed by atoms with Crippen LogP contribution in [-0.2, 0) is 11.2 Å². The van der Waals surface area contributed by atoms with Crippen LogP contribution < -0.4 is 10.1 Å². The summed E-state index contributed by atoms with van der Waals surface area (Å²) in [5.41, 5.74) is 2.63. The number of amides is 1. The fourth-order valence-electron chi connectivity index (χ4n) is 1.98. The molecule has 0 aliphatic heterocycles. The van der Waals surface area contributed by atoms with Crippen molar-refractivity contribution in [1.82, 2.24) is 0 Å². The summed E-state index contributed by atoms with van der Waals surface area (Å²) in [5.74, 6) is -0.523. The Morgan fingerprint density at radius 3 is 2.22 bits per heavy atom. The first-order valence-corrected chi connectivity index (χ1v) is 7.03. The van der Waals surface area contributed by atoms with Crippen LogP contribution in [0.15, 0.2) is 48.5 Å². The number of nitrogens with one attached hydrogen (secondary N) is 1. The fourth-order valence-corrected chi connectivity index (χ4v) is 1.98. The lowest BCUT2D eigenvalue weighted by Gasteiger charge is -2.10. The maximum atomic E-state index is 12.0. The van der Waals surface area contributed by atoms with E-state index in [2.05, 4.69) is 10.1 Å². The van der Waals surface area contributed by atoms with Gasteiger partial charge in [0.25, 0.3) is 0 Å². The number of benzene rings is 2. The van der Waals surface area contributed by atoms with E-state index in [9.17, 15) is 18.0 Å². The monoisotopic (exact) mass is 323 g/mol. The third-order valence-corrected chi connectivity index (χ3v) is 3.13. The molecule has 0 spiro atoms. The van der Waals surface area contributed by atoms with Gasteiger partial charge in [-0.25, -0.2) is 0 Å². The highest BCUT2D eigenvalue weighted by molar-refractivity contribution is 5.90. The van der Waals surface area contributed by atoms with Crippen molar-refractivity contribution >= 4 is 11.6 Å². The van der Waals surface area contributed by atoms with Gasteiger partial charge in [-0.3, -0.25) is 4.79 Å². The maximum Gasteiger partial charge on any atom is 0.573 e. The average Bonchev–Trinajstić information content (AvgIpc) is 2.47. The summed E-state index contributed by atoms with van der Waals surface area (Å²) in [6.45, 7) is 1.99. The molecule has 2 rings (SSSR count). The SMILES string of the molecule is Cc1ccc(CCC(=O)Nc2ccc(OC(F)(F)F)cc2)cc1. The predicted octanol–water partition coefficient (Wildman–Crippen LogP) is 4.46. The molecule has 0 heterocycles. The van der Waals surface area contributed by atoms with Crippen molar-refractivity contribution in [2.24, 2.45) is 0 Å². The lowest BCUT2D eigenvalue weighted by atomic mass is 10.1. The van der Waals surface area contributed by atoms with Gasteiger partial charge in [-0.05, 0) is 43.2 Å². The Morgan fingerprint density at radius 1 is 1.04 bits per heavy atom. The summed E-state index contributed by atoms with van der Waals surface area (Å²) in [4.78, 5) is 11.8. The predicted molar refractivity (Wildman–Crippen MR) is 81.3 cm³/mol. The van der Waals surface area contributed by atoms with E-state index >= 15 is 0 Å². The van der Waals surface area contributed by atoms with E-state index < -0.39 is 6.36 Å². The molecule has 0 aromatic heterocycles. The van der Waals surface area contributed by atoms with Crippen LogP contribution in [0.2, 0.25) is 0 Å². The van der Waals surface area contributed by atoms with E-state index in [0.29, 0.717) is 18.5 Å². The van der Waals surface area contributed by atoms with Crippen LogP contribution in [0.1, 0.15) is 17.5 Å². The van der Waals surface area contributed by atoms with Gasteiger partial charge in [-0.15, -0.1) is 13.2 Å². The van der Waals surface area contributed by atoms with Crippen molar-refractivity contribution in [3.63, 3.8) is 0 Å². The van der Waals surface area contributed by atoms with E-state index in [1.165, 1.54) is 12.1 Å². The Labute approximate surface area is 132 Å². The normalized spacial score (nSPS) is 11.1. The minimum atomic E-state index is -4.72. The molecule has 0 atom stereocenters. The van der Waals surface area contributed by atoms with Gasteiger partial charge in [0.1, 0.15) is 5.75 Å². The Kier molecular flexibility index (Phi) is 5.26. The smallest absolute Gasteiger partial charge is 0.406 e. The van der Waals surface area contributed by atoms with Crippen LogP contribution in [0.5, 0.6) is 5.75 Å². The number of hydrogen-bond acceptors (Lipinski definition) is 2. The number of carbonyl (C=O) groups is 1. The molecule has 0 saturated carbocycles. The third kappa shape index (κ3) is 6.02. The summed E-state index contributed by atoms with van der Waals surface area (Å²) in [5, 5.41) is 2.64. The molecule has 23 heavy (non-hydrogen) atoms. The molecule has 6 heteroatoms. The number of halogens is 3. The van der Waals surface area contributed by atoms with Crippen molar-refractivity contribution in [2.75, 3.05) is 5.32 Å². The Hall–Kier alpha value is -2.50. The van der Waals surface area contributed by atoms with E-state index in [1.807, 2.05) is 31.2 Å². The van der Waals surface area contributed by atoms with Crippen molar-refractivity contribution in [3.05, 3.63) is 59.7 Å². The average molecular weight is 323 g/mol. The van der Waals surface area contributed by atoms with Crippen molar-refractivity contribution in [2.45, 2.75) is 26.1 Å². The molecule has 0 aliphatic carbocycles. The fraction of sp³-hybridized carbons (Fsp3) is 0.235. The molecule has 1 N–H and O–H groups in total. The highest BCUT2D eigenvalue weighted by Gasteiger charge is 2.30. The standard InChI is InChI=1S/C17H16F3NO2/c1-12-2-4-13(5-3-12)6-11-16(22)21-14-7-9-15(10-8-14)23-17(18,19)20/h2-5,7-10H,6,11H2,1H3,(H,21,22). The number of anilines is 1. The van der Waals surface area contributed by atoms with E-state index in [4.69, 9.17) is 0 Å². The molecule has 0 bridgehead atoms. The molecule has 0 aliphatic rings. The van der Waals surface area contributed by atoms with Gasteiger partial charge < -0.3 is 10.1 Å². The number of carbonyl (C=O) groups excluding carboxylic acids is 1. The Morgan fingerprint density at radius 2 is 1.65 bits per heavy atom. The zero-order valence-electron chi connectivity index (χ0n) is 12.5. The maximum absolute atomic E-state index is 12.0. The number of rotatable bonds is 5. The van der Waals surface area contributed by atoms with Crippen LogP contribution >= 0.6 is 0 Å². The van der Waals surface area contributed by atoms with E-state index in [-0.39, 0.29) is 11.7 Å². The van der Waals surface area contributed by atoms with Gasteiger partial charge in [-0.1, -0.05) is 29.8 Å². The van der Waals surface area contributed by atoms with Gasteiger partial charge in [0, 0.05) is 12.1 Å². The van der Waals surface area contributed by atoms with Gasteiger partial charge in [0.2, 0.25) is 5.91 Å². The molecular weight excluding hydrogens is 307 g/mol. The minimum absolute atomic E-state index is 0.199. The molecule has 2 aromatic rings. The molecule has 3 nitrogen and oxygen atoms in total. The molecule has 1 amide bonds. The van der Waals surface area contributed by atoms with Gasteiger partial charge >= 0.3 is 6.36 Å². The lowest BCUT2D eigenvalue weighted by molar-refractivity contribution is -0.274. The van der Waals surface area contributed by atoms with Crippen LogP contribution in [-0.4, -0.2) is 12.3 Å². The zero-order valence-corrected chi connectivity index (χ0v) is 12.5. The van der Waals surface area contributed by atoms with Crippen LogP contribution in [0.25, 0.3) is 0 Å². The Bertz CT molecular complexity index is 649. The summed E-state index contributed by atoms with van der Waals surface area (Å²) in [6.07, 6.45) is -3.83. The molecule has 0 fully saturated rings. The van der Waals surface area contributed by atoms with Crippen LogP contribution in [0.4, 0.5) is 18.9 Å².